The molecular weight excluding hydrogens is 493 g/mol. The maximum atomic E-state index is 13.6. The summed E-state index contributed by atoms with van der Waals surface area (Å²) >= 11 is 0. The van der Waals surface area contributed by atoms with Gasteiger partial charge in [0.25, 0.3) is 5.91 Å². The average molecular weight is 521 g/mol. The van der Waals surface area contributed by atoms with Crippen molar-refractivity contribution in [2.24, 2.45) is 0 Å². The van der Waals surface area contributed by atoms with Crippen LogP contribution < -0.4 is 10.1 Å². The summed E-state index contributed by atoms with van der Waals surface area (Å²) in [6.07, 6.45) is -2.16. The lowest BCUT2D eigenvalue weighted by molar-refractivity contribution is -0.138. The number of carbonyl (C=O) groups is 1. The summed E-state index contributed by atoms with van der Waals surface area (Å²) in [6, 6.07) is 16.8. The summed E-state index contributed by atoms with van der Waals surface area (Å²) in [5, 5.41) is 4.09. The number of halogens is 3. The molecule has 1 N–H and O–H groups in total. The summed E-state index contributed by atoms with van der Waals surface area (Å²) in [5.74, 6) is -0.272. The van der Waals surface area contributed by atoms with E-state index in [0.717, 1.165) is 24.6 Å². The molecule has 1 aliphatic rings. The number of alkyl halides is 3. The topological polar surface area (TPSA) is 67.4 Å². The molecule has 2 heterocycles. The first-order chi connectivity index (χ1) is 18.3. The van der Waals surface area contributed by atoms with E-state index in [0.29, 0.717) is 46.4 Å². The zero-order valence-electron chi connectivity index (χ0n) is 21.0. The van der Waals surface area contributed by atoms with Gasteiger partial charge in [-0.1, -0.05) is 31.2 Å². The molecule has 0 aliphatic carbocycles. The molecule has 0 radical (unpaired) electrons. The van der Waals surface area contributed by atoms with E-state index < -0.39 is 11.7 Å². The highest BCUT2D eigenvalue weighted by Gasteiger charge is 2.34. The number of carbonyl (C=O) groups excluding carboxylic acids is 1. The van der Waals surface area contributed by atoms with Crippen LogP contribution in [0.4, 0.5) is 13.2 Å². The fourth-order valence-corrected chi connectivity index (χ4v) is 4.84. The van der Waals surface area contributed by atoms with E-state index in [-0.39, 0.29) is 17.7 Å². The lowest BCUT2D eigenvalue weighted by Gasteiger charge is -2.33. The van der Waals surface area contributed by atoms with Crippen molar-refractivity contribution in [1.29, 1.82) is 0 Å². The number of methoxy groups -OCH3 is 1. The number of aromatic nitrogens is 2. The van der Waals surface area contributed by atoms with Crippen LogP contribution in [0.15, 0.2) is 67.0 Å². The fourth-order valence-electron chi connectivity index (χ4n) is 4.84. The highest BCUT2D eigenvalue weighted by molar-refractivity contribution is 5.98. The predicted molar refractivity (Wildman–Crippen MR) is 140 cm³/mol. The van der Waals surface area contributed by atoms with Crippen LogP contribution in [0.2, 0.25) is 0 Å². The predicted octanol–water partition coefficient (Wildman–Crippen LogP) is 5.82. The second-order valence-electron chi connectivity index (χ2n) is 9.26. The van der Waals surface area contributed by atoms with Gasteiger partial charge in [0.2, 0.25) is 0 Å². The van der Waals surface area contributed by atoms with Crippen LogP contribution in [0.1, 0.15) is 29.3 Å². The Bertz CT molecular complexity index is 1490. The van der Waals surface area contributed by atoms with E-state index >= 15 is 0 Å². The zero-order chi connectivity index (χ0) is 26.9. The first kappa shape index (κ1) is 25.7. The number of piperazine rings is 1. The number of fused-ring (bicyclic) bond motifs is 1. The van der Waals surface area contributed by atoms with Crippen LogP contribution in [0.3, 0.4) is 0 Å². The van der Waals surface area contributed by atoms with Gasteiger partial charge in [-0.15, -0.1) is 0 Å². The Morgan fingerprint density at radius 3 is 2.61 bits per heavy atom. The molecule has 1 amide bonds. The number of ether oxygens (including phenoxy) is 1. The van der Waals surface area contributed by atoms with Gasteiger partial charge in [0.05, 0.1) is 23.9 Å². The summed E-state index contributed by atoms with van der Waals surface area (Å²) in [4.78, 5) is 24.0. The second kappa shape index (κ2) is 10.4. The van der Waals surface area contributed by atoms with Gasteiger partial charge in [0.1, 0.15) is 12.1 Å². The van der Waals surface area contributed by atoms with Crippen molar-refractivity contribution in [2.75, 3.05) is 26.7 Å². The monoisotopic (exact) mass is 520 g/mol. The molecular formula is C29H27F3N4O2. The normalized spacial score (nSPS) is 16.0. The fraction of sp³-hybridized carbons (Fsp3) is 0.276. The molecule has 196 valence electrons. The van der Waals surface area contributed by atoms with Crippen LogP contribution in [0.25, 0.3) is 33.3 Å². The minimum Gasteiger partial charge on any atom is -0.496 e. The van der Waals surface area contributed by atoms with Crippen molar-refractivity contribution in [3.63, 3.8) is 0 Å². The van der Waals surface area contributed by atoms with Crippen molar-refractivity contribution < 1.29 is 22.7 Å². The van der Waals surface area contributed by atoms with E-state index in [9.17, 15) is 18.0 Å². The Morgan fingerprint density at radius 2 is 1.84 bits per heavy atom. The van der Waals surface area contributed by atoms with Gasteiger partial charge in [-0.2, -0.15) is 13.2 Å². The van der Waals surface area contributed by atoms with Crippen LogP contribution in [-0.2, 0) is 6.18 Å². The summed E-state index contributed by atoms with van der Waals surface area (Å²) in [7, 11) is 1.22. The van der Waals surface area contributed by atoms with Gasteiger partial charge in [-0.05, 0) is 53.9 Å². The largest absolute Gasteiger partial charge is 0.496 e. The van der Waals surface area contributed by atoms with Gasteiger partial charge >= 0.3 is 6.18 Å². The van der Waals surface area contributed by atoms with Crippen molar-refractivity contribution in [3.8, 4) is 28.1 Å². The number of amides is 1. The molecule has 0 bridgehead atoms. The molecule has 0 saturated carbocycles. The van der Waals surface area contributed by atoms with Crippen LogP contribution in [0, 0.1) is 0 Å². The molecule has 38 heavy (non-hydrogen) atoms. The van der Waals surface area contributed by atoms with E-state index in [1.807, 2.05) is 23.1 Å². The summed E-state index contributed by atoms with van der Waals surface area (Å²) in [5.41, 5.74) is 2.67. The number of nitrogens with one attached hydrogen (secondary N) is 1. The Balaban J connectivity index is 1.54. The van der Waals surface area contributed by atoms with Gasteiger partial charge in [-0.3, -0.25) is 4.79 Å². The van der Waals surface area contributed by atoms with Gasteiger partial charge in [0.15, 0.2) is 0 Å². The Labute approximate surface area is 218 Å². The molecule has 9 heteroatoms. The zero-order valence-corrected chi connectivity index (χ0v) is 21.0. The van der Waals surface area contributed by atoms with Gasteiger partial charge in [0, 0.05) is 42.2 Å². The molecule has 5 rings (SSSR count). The Kier molecular flexibility index (Phi) is 7.03. The Morgan fingerprint density at radius 1 is 1.05 bits per heavy atom. The molecule has 1 aromatic heterocycles. The van der Waals surface area contributed by atoms with Gasteiger partial charge < -0.3 is 15.0 Å². The molecule has 1 aliphatic heterocycles. The van der Waals surface area contributed by atoms with E-state index in [4.69, 9.17) is 4.74 Å². The maximum Gasteiger partial charge on any atom is 0.419 e. The molecule has 1 unspecified atom stereocenters. The van der Waals surface area contributed by atoms with Crippen molar-refractivity contribution in [1.82, 2.24) is 20.2 Å². The number of nitrogens with zero attached hydrogens (tertiary/aromatic N) is 3. The third kappa shape index (κ3) is 5.06. The molecule has 6 nitrogen and oxygen atoms in total. The summed E-state index contributed by atoms with van der Waals surface area (Å²) in [6.45, 7) is 4.14. The second-order valence-corrected chi connectivity index (χ2v) is 9.26. The SMILES string of the molecule is CCC1CN(C(=O)c2cccc(-c3ncnc4ccc(-c5ccc(OC)c(C(F)(F)F)c5)cc34)c2)CCN1. The summed E-state index contributed by atoms with van der Waals surface area (Å²) < 4.78 is 45.8. The molecule has 1 saturated heterocycles. The number of hydrogen-bond donors (Lipinski definition) is 1. The molecule has 1 atom stereocenters. The first-order valence-corrected chi connectivity index (χ1v) is 12.4. The van der Waals surface area contributed by atoms with Crippen LogP contribution in [-0.4, -0.2) is 53.6 Å². The van der Waals surface area contributed by atoms with Crippen molar-refractivity contribution in [3.05, 3.63) is 78.1 Å². The molecule has 3 aromatic carbocycles. The lowest BCUT2D eigenvalue weighted by atomic mass is 9.98. The number of rotatable bonds is 5. The van der Waals surface area contributed by atoms with Crippen molar-refractivity contribution in [2.45, 2.75) is 25.6 Å². The van der Waals surface area contributed by atoms with Crippen molar-refractivity contribution >= 4 is 16.8 Å². The highest BCUT2D eigenvalue weighted by atomic mass is 19.4. The average Bonchev–Trinajstić information content (AvgIpc) is 2.95. The third-order valence-corrected chi connectivity index (χ3v) is 6.89. The molecule has 4 aromatic rings. The standard InChI is InChI=1S/C29H27F3N4O2/c1-3-22-16-36(12-11-33-22)28(37)21-6-4-5-20(13-21)27-23-14-18(7-9-25(23)34-17-35-27)19-8-10-26(38-2)24(15-19)29(30,31)32/h4-10,13-15,17,22,33H,3,11-12,16H2,1-2H3. The third-order valence-electron chi connectivity index (χ3n) is 6.89. The molecule has 0 spiro atoms. The van der Waals surface area contributed by atoms with E-state index in [1.54, 1.807) is 30.3 Å². The van der Waals surface area contributed by atoms with Crippen LogP contribution in [0.5, 0.6) is 5.75 Å². The van der Waals surface area contributed by atoms with E-state index in [2.05, 4.69) is 22.2 Å². The molecule has 1 fully saturated rings. The minimum atomic E-state index is -4.55. The lowest BCUT2D eigenvalue weighted by Crippen LogP contribution is -2.52. The first-order valence-electron chi connectivity index (χ1n) is 12.4. The number of benzene rings is 3. The number of hydrogen-bond acceptors (Lipinski definition) is 5. The highest BCUT2D eigenvalue weighted by Crippen LogP contribution is 2.39. The quantitative estimate of drug-likeness (QED) is 0.360. The van der Waals surface area contributed by atoms with E-state index in [1.165, 1.54) is 19.5 Å². The Hall–Kier alpha value is -3.98. The van der Waals surface area contributed by atoms with Crippen LogP contribution >= 0.6 is 0 Å². The maximum absolute atomic E-state index is 13.6. The van der Waals surface area contributed by atoms with Gasteiger partial charge in [-0.25, -0.2) is 9.97 Å². The smallest absolute Gasteiger partial charge is 0.419 e. The minimum absolute atomic E-state index is 0.0382.